The number of nitrogens with zero attached hydrogens (tertiary/aromatic N) is 1. The lowest BCUT2D eigenvalue weighted by Crippen LogP contribution is -2.37. The van der Waals surface area contributed by atoms with Crippen molar-refractivity contribution in [1.82, 2.24) is 9.55 Å². The third-order valence-corrected chi connectivity index (χ3v) is 3.96. The fraction of sp³-hybridized carbons (Fsp3) is 0.462. The van der Waals surface area contributed by atoms with E-state index in [2.05, 4.69) is 4.98 Å². The molecule has 0 radical (unpaired) electrons. The van der Waals surface area contributed by atoms with E-state index in [0.29, 0.717) is 16.6 Å². The Labute approximate surface area is 119 Å². The predicted octanol–water partition coefficient (Wildman–Crippen LogP) is 1.40. The molecule has 0 saturated heterocycles. The number of aromatic amines is 1. The van der Waals surface area contributed by atoms with Gasteiger partial charge in [-0.3, -0.25) is 14.6 Å². The summed E-state index contributed by atoms with van der Waals surface area (Å²) < 4.78 is 5.96. The maximum absolute atomic E-state index is 12.2. The van der Waals surface area contributed by atoms with E-state index in [4.69, 9.17) is 4.74 Å². The van der Waals surface area contributed by atoms with Crippen molar-refractivity contribution in [1.29, 1.82) is 0 Å². The van der Waals surface area contributed by atoms with Gasteiger partial charge < -0.3 is 4.74 Å². The van der Waals surface area contributed by atoms with E-state index >= 15 is 0 Å². The number of carbonyl (C=O) groups is 1. The maximum Gasteiger partial charge on any atom is 0.329 e. The van der Waals surface area contributed by atoms with Gasteiger partial charge in [0.2, 0.25) is 0 Å². The SMILES string of the molecule is CCC(C)OC(=O)Cn1c(=O)[nH]c2sc(C)cc2c1=O. The Morgan fingerprint density at radius 1 is 1.50 bits per heavy atom. The molecule has 0 bridgehead atoms. The van der Waals surface area contributed by atoms with E-state index in [-0.39, 0.29) is 12.6 Å². The molecule has 2 aromatic heterocycles. The fourth-order valence-electron chi connectivity index (χ4n) is 1.79. The molecule has 6 nitrogen and oxygen atoms in total. The van der Waals surface area contributed by atoms with Crippen LogP contribution in [0.1, 0.15) is 25.1 Å². The number of hydrogen-bond donors (Lipinski definition) is 1. The minimum Gasteiger partial charge on any atom is -0.461 e. The molecule has 1 unspecified atom stereocenters. The maximum atomic E-state index is 12.2. The summed E-state index contributed by atoms with van der Waals surface area (Å²) in [6, 6.07) is 1.70. The molecule has 0 amide bonds. The smallest absolute Gasteiger partial charge is 0.329 e. The van der Waals surface area contributed by atoms with Gasteiger partial charge in [-0.1, -0.05) is 6.92 Å². The van der Waals surface area contributed by atoms with Gasteiger partial charge in [-0.25, -0.2) is 9.36 Å². The Bertz CT molecular complexity index is 756. The molecule has 1 N–H and O–H groups in total. The summed E-state index contributed by atoms with van der Waals surface area (Å²) in [5, 5.41) is 0.420. The van der Waals surface area contributed by atoms with Gasteiger partial charge >= 0.3 is 11.7 Å². The Kier molecular flexibility index (Phi) is 4.08. The van der Waals surface area contributed by atoms with E-state index in [1.54, 1.807) is 13.0 Å². The Balaban J connectivity index is 2.37. The van der Waals surface area contributed by atoms with Gasteiger partial charge in [0.05, 0.1) is 11.5 Å². The molecule has 0 aliphatic rings. The zero-order chi connectivity index (χ0) is 14.9. The van der Waals surface area contributed by atoms with Crippen molar-refractivity contribution in [3.8, 4) is 0 Å². The van der Waals surface area contributed by atoms with E-state index in [0.717, 1.165) is 9.44 Å². The first kappa shape index (κ1) is 14.5. The number of esters is 1. The molecule has 0 aliphatic heterocycles. The topological polar surface area (TPSA) is 81.2 Å². The largest absolute Gasteiger partial charge is 0.461 e. The molecule has 0 fully saturated rings. The molecule has 0 aliphatic carbocycles. The van der Waals surface area contributed by atoms with Crippen molar-refractivity contribution in [2.24, 2.45) is 0 Å². The van der Waals surface area contributed by atoms with E-state index in [9.17, 15) is 14.4 Å². The van der Waals surface area contributed by atoms with Crippen LogP contribution in [0.5, 0.6) is 0 Å². The fourth-order valence-corrected chi connectivity index (χ4v) is 2.68. The third kappa shape index (κ3) is 2.82. The van der Waals surface area contributed by atoms with E-state index in [1.165, 1.54) is 11.3 Å². The van der Waals surface area contributed by atoms with Crippen LogP contribution in [0.25, 0.3) is 10.2 Å². The molecule has 20 heavy (non-hydrogen) atoms. The van der Waals surface area contributed by atoms with Gasteiger partial charge in [-0.05, 0) is 26.3 Å². The molecule has 0 spiro atoms. The zero-order valence-corrected chi connectivity index (χ0v) is 12.4. The number of thiophene rings is 1. The van der Waals surface area contributed by atoms with Gasteiger partial charge in [-0.15, -0.1) is 11.3 Å². The van der Waals surface area contributed by atoms with Gasteiger partial charge in [0, 0.05) is 4.88 Å². The number of ether oxygens (including phenoxy) is 1. The van der Waals surface area contributed by atoms with Gasteiger partial charge in [0.15, 0.2) is 0 Å². The highest BCUT2D eigenvalue weighted by Gasteiger charge is 2.15. The summed E-state index contributed by atoms with van der Waals surface area (Å²) in [5.74, 6) is -0.585. The number of H-pyrrole nitrogens is 1. The summed E-state index contributed by atoms with van der Waals surface area (Å²) in [5.41, 5.74) is -1.06. The molecule has 0 saturated carbocycles. The van der Waals surface area contributed by atoms with Crippen molar-refractivity contribution in [3.05, 3.63) is 31.8 Å². The first-order valence-electron chi connectivity index (χ1n) is 6.35. The highest BCUT2D eigenvalue weighted by atomic mass is 32.1. The first-order valence-corrected chi connectivity index (χ1v) is 7.16. The lowest BCUT2D eigenvalue weighted by molar-refractivity contribution is -0.149. The van der Waals surface area contributed by atoms with Crippen LogP contribution in [-0.4, -0.2) is 21.6 Å². The van der Waals surface area contributed by atoms with Crippen LogP contribution < -0.4 is 11.2 Å². The molecule has 108 valence electrons. The van der Waals surface area contributed by atoms with E-state index in [1.807, 2.05) is 13.8 Å². The molecule has 2 heterocycles. The van der Waals surface area contributed by atoms with Crippen LogP contribution in [-0.2, 0) is 16.1 Å². The molecular formula is C13H16N2O4S. The number of aryl methyl sites for hydroxylation is 1. The van der Waals surface area contributed by atoms with Crippen molar-refractivity contribution >= 4 is 27.5 Å². The minimum absolute atomic E-state index is 0.232. The number of nitrogens with one attached hydrogen (secondary N) is 1. The number of rotatable bonds is 4. The molecular weight excluding hydrogens is 280 g/mol. The molecule has 7 heteroatoms. The number of hydrogen-bond acceptors (Lipinski definition) is 5. The first-order chi connectivity index (χ1) is 9.42. The van der Waals surface area contributed by atoms with Crippen molar-refractivity contribution in [2.45, 2.75) is 39.8 Å². The molecule has 2 rings (SSSR count). The second kappa shape index (κ2) is 5.62. The number of carbonyl (C=O) groups excluding carboxylic acids is 1. The minimum atomic E-state index is -0.592. The summed E-state index contributed by atoms with van der Waals surface area (Å²) in [6.07, 6.45) is 0.448. The molecule has 2 aromatic rings. The second-order valence-corrected chi connectivity index (χ2v) is 5.89. The Morgan fingerprint density at radius 2 is 2.20 bits per heavy atom. The Morgan fingerprint density at radius 3 is 2.85 bits per heavy atom. The predicted molar refractivity (Wildman–Crippen MR) is 77.3 cm³/mol. The highest BCUT2D eigenvalue weighted by molar-refractivity contribution is 7.18. The summed E-state index contributed by atoms with van der Waals surface area (Å²) >= 11 is 1.34. The summed E-state index contributed by atoms with van der Waals surface area (Å²) in [4.78, 5) is 39.8. The van der Waals surface area contributed by atoms with Crippen LogP contribution in [0.4, 0.5) is 0 Å². The highest BCUT2D eigenvalue weighted by Crippen LogP contribution is 2.18. The third-order valence-electron chi connectivity index (χ3n) is 2.99. The van der Waals surface area contributed by atoms with Gasteiger partial charge in [0.1, 0.15) is 11.4 Å². The standard InChI is InChI=1S/C13H16N2O4S/c1-4-7(2)19-10(16)6-15-12(17)9-5-8(3)20-11(9)14-13(15)18/h5,7H,4,6H2,1-3H3,(H,14,18). The monoisotopic (exact) mass is 296 g/mol. The Hall–Kier alpha value is -1.89. The summed E-state index contributed by atoms with van der Waals surface area (Å²) in [6.45, 7) is 5.13. The lowest BCUT2D eigenvalue weighted by Gasteiger charge is -2.11. The molecule has 1 atom stereocenters. The van der Waals surface area contributed by atoms with Crippen molar-refractivity contribution in [3.63, 3.8) is 0 Å². The van der Waals surface area contributed by atoms with Gasteiger partial charge in [0.25, 0.3) is 5.56 Å². The average Bonchev–Trinajstić information content (AvgIpc) is 2.75. The lowest BCUT2D eigenvalue weighted by atomic mass is 10.3. The number of aromatic nitrogens is 2. The van der Waals surface area contributed by atoms with Crippen LogP contribution in [0.3, 0.4) is 0 Å². The summed E-state index contributed by atoms with van der Waals surface area (Å²) in [7, 11) is 0. The van der Waals surface area contributed by atoms with E-state index < -0.39 is 17.2 Å². The zero-order valence-electron chi connectivity index (χ0n) is 11.6. The van der Waals surface area contributed by atoms with Crippen LogP contribution in [0.2, 0.25) is 0 Å². The molecule has 0 aromatic carbocycles. The quantitative estimate of drug-likeness (QED) is 0.865. The second-order valence-electron chi connectivity index (χ2n) is 4.63. The van der Waals surface area contributed by atoms with Crippen molar-refractivity contribution in [2.75, 3.05) is 0 Å². The van der Waals surface area contributed by atoms with Crippen LogP contribution in [0.15, 0.2) is 15.7 Å². The van der Waals surface area contributed by atoms with Crippen LogP contribution in [0, 0.1) is 6.92 Å². The normalized spacial score (nSPS) is 12.6. The average molecular weight is 296 g/mol. The van der Waals surface area contributed by atoms with Crippen LogP contribution >= 0.6 is 11.3 Å². The van der Waals surface area contributed by atoms with Gasteiger partial charge in [-0.2, -0.15) is 0 Å². The number of fused-ring (bicyclic) bond motifs is 1. The van der Waals surface area contributed by atoms with Crippen molar-refractivity contribution < 1.29 is 9.53 Å².